The van der Waals surface area contributed by atoms with E-state index in [2.05, 4.69) is 4.74 Å². The van der Waals surface area contributed by atoms with E-state index in [0.717, 1.165) is 4.90 Å². The molecule has 0 aromatic heterocycles. The molecule has 2 rings (SSSR count). The number of benzene rings is 1. The Bertz CT molecular complexity index is 493. The van der Waals surface area contributed by atoms with Gasteiger partial charge >= 0.3 is 6.61 Å². The van der Waals surface area contributed by atoms with E-state index in [9.17, 15) is 18.4 Å². The fourth-order valence-corrected chi connectivity index (χ4v) is 2.07. The lowest BCUT2D eigenvalue weighted by Gasteiger charge is -2.33. The van der Waals surface area contributed by atoms with E-state index < -0.39 is 30.6 Å². The third-order valence-electron chi connectivity index (χ3n) is 2.96. The first-order valence-corrected chi connectivity index (χ1v) is 5.72. The van der Waals surface area contributed by atoms with Crippen LogP contribution < -0.4 is 0 Å². The summed E-state index contributed by atoms with van der Waals surface area (Å²) in [6, 6.07) is 6.38. The molecule has 0 saturated heterocycles. The Morgan fingerprint density at radius 3 is 2.05 bits per heavy atom. The fraction of sp³-hybridized carbons (Fsp3) is 0.385. The Morgan fingerprint density at radius 2 is 1.63 bits per heavy atom. The third kappa shape index (κ3) is 2.35. The van der Waals surface area contributed by atoms with Crippen molar-refractivity contribution in [2.45, 2.75) is 26.0 Å². The lowest BCUT2D eigenvalue weighted by molar-refractivity contribution is -0.147. The van der Waals surface area contributed by atoms with Crippen LogP contribution in [0.15, 0.2) is 24.3 Å². The predicted molar refractivity (Wildman–Crippen MR) is 63.0 cm³/mol. The van der Waals surface area contributed by atoms with Gasteiger partial charge in [0.25, 0.3) is 11.8 Å². The zero-order valence-electron chi connectivity index (χ0n) is 10.5. The summed E-state index contributed by atoms with van der Waals surface area (Å²) in [6.45, 7) is -0.334. The van der Waals surface area contributed by atoms with E-state index in [1.807, 2.05) is 0 Å². The number of imide groups is 1. The zero-order valence-corrected chi connectivity index (χ0v) is 10.5. The summed E-state index contributed by atoms with van der Waals surface area (Å²) < 4.78 is 28.4. The minimum Gasteiger partial charge on any atom is -0.321 e. The van der Waals surface area contributed by atoms with Crippen LogP contribution in [0.3, 0.4) is 0 Å². The number of ether oxygens (including phenoxy) is 1. The van der Waals surface area contributed by atoms with Crippen molar-refractivity contribution in [3.05, 3.63) is 35.4 Å². The molecule has 1 aromatic carbocycles. The van der Waals surface area contributed by atoms with Crippen molar-refractivity contribution in [2.24, 2.45) is 0 Å². The lowest BCUT2D eigenvalue weighted by Crippen LogP contribution is -2.50. The summed E-state index contributed by atoms with van der Waals surface area (Å²) in [5.41, 5.74) is -0.556. The van der Waals surface area contributed by atoms with Crippen LogP contribution >= 0.6 is 0 Å². The highest BCUT2D eigenvalue weighted by Gasteiger charge is 2.44. The zero-order chi connectivity index (χ0) is 14.2. The molecule has 0 aliphatic carbocycles. The van der Waals surface area contributed by atoms with Gasteiger partial charge in [-0.05, 0) is 26.0 Å². The molecule has 6 heteroatoms. The number of nitrogens with zero attached hydrogens (tertiary/aromatic N) is 1. The van der Waals surface area contributed by atoms with Gasteiger partial charge in [-0.25, -0.2) is 0 Å². The van der Waals surface area contributed by atoms with Crippen LogP contribution in [0.5, 0.6) is 0 Å². The number of amides is 2. The van der Waals surface area contributed by atoms with E-state index in [4.69, 9.17) is 0 Å². The van der Waals surface area contributed by atoms with Gasteiger partial charge in [0.15, 0.2) is 0 Å². The molecule has 19 heavy (non-hydrogen) atoms. The highest BCUT2D eigenvalue weighted by atomic mass is 19.3. The van der Waals surface area contributed by atoms with Crippen LogP contribution in [0.25, 0.3) is 0 Å². The molecule has 4 nitrogen and oxygen atoms in total. The summed E-state index contributed by atoms with van der Waals surface area (Å²) >= 11 is 0. The summed E-state index contributed by atoms with van der Waals surface area (Å²) in [6.07, 6.45) is 0. The Kier molecular flexibility index (Phi) is 3.36. The number of alkyl halides is 2. The van der Waals surface area contributed by atoms with Gasteiger partial charge in [-0.2, -0.15) is 8.78 Å². The Hall–Kier alpha value is -1.82. The summed E-state index contributed by atoms with van der Waals surface area (Å²) in [5, 5.41) is 0. The minimum atomic E-state index is -2.94. The second-order valence-corrected chi connectivity index (χ2v) is 4.88. The SMILES string of the molecule is CC(C)(COC(F)F)N1C(=O)c2ccccc2C1=O. The van der Waals surface area contributed by atoms with Crippen molar-refractivity contribution in [1.82, 2.24) is 4.90 Å². The Morgan fingerprint density at radius 1 is 1.16 bits per heavy atom. The highest BCUT2D eigenvalue weighted by molar-refractivity contribution is 6.21. The Balaban J connectivity index is 2.28. The van der Waals surface area contributed by atoms with Gasteiger partial charge in [-0.15, -0.1) is 0 Å². The predicted octanol–water partition coefficient (Wildman–Crippen LogP) is 2.30. The van der Waals surface area contributed by atoms with Crippen molar-refractivity contribution < 1.29 is 23.1 Å². The molecule has 0 bridgehead atoms. The van der Waals surface area contributed by atoms with Crippen molar-refractivity contribution in [3.8, 4) is 0 Å². The van der Waals surface area contributed by atoms with Crippen molar-refractivity contribution in [2.75, 3.05) is 6.61 Å². The van der Waals surface area contributed by atoms with Gasteiger partial charge in [-0.1, -0.05) is 12.1 Å². The van der Waals surface area contributed by atoms with E-state index in [1.54, 1.807) is 24.3 Å². The first-order valence-electron chi connectivity index (χ1n) is 5.72. The number of fused-ring (bicyclic) bond motifs is 1. The molecule has 0 N–H and O–H groups in total. The maximum absolute atomic E-state index is 12.2. The quantitative estimate of drug-likeness (QED) is 0.788. The molecule has 1 heterocycles. The summed E-state index contributed by atoms with van der Waals surface area (Å²) in [4.78, 5) is 25.3. The highest BCUT2D eigenvalue weighted by Crippen LogP contribution is 2.29. The largest absolute Gasteiger partial charge is 0.345 e. The number of hydrogen-bond acceptors (Lipinski definition) is 3. The van der Waals surface area contributed by atoms with Gasteiger partial charge in [0.05, 0.1) is 23.3 Å². The number of carbonyl (C=O) groups is 2. The van der Waals surface area contributed by atoms with E-state index >= 15 is 0 Å². The molecule has 1 aromatic rings. The monoisotopic (exact) mass is 269 g/mol. The number of carbonyl (C=O) groups excluding carboxylic acids is 2. The van der Waals surface area contributed by atoms with Crippen LogP contribution in [-0.4, -0.2) is 35.5 Å². The van der Waals surface area contributed by atoms with Gasteiger partial charge in [0.2, 0.25) is 0 Å². The topological polar surface area (TPSA) is 46.6 Å². The molecule has 1 aliphatic heterocycles. The molecule has 0 atom stereocenters. The standard InChI is InChI=1S/C13H13F2NO3/c1-13(2,7-19-12(14)15)16-10(17)8-5-3-4-6-9(8)11(16)18/h3-6,12H,7H2,1-2H3. The smallest absolute Gasteiger partial charge is 0.321 e. The molecular weight excluding hydrogens is 256 g/mol. The maximum Gasteiger partial charge on any atom is 0.345 e. The average molecular weight is 269 g/mol. The van der Waals surface area contributed by atoms with Gasteiger partial charge in [0, 0.05) is 0 Å². The first-order chi connectivity index (χ1) is 8.84. The van der Waals surface area contributed by atoms with Crippen LogP contribution in [0, 0.1) is 0 Å². The molecule has 0 radical (unpaired) electrons. The van der Waals surface area contributed by atoms with Crippen LogP contribution in [-0.2, 0) is 4.74 Å². The number of halogens is 2. The fourth-order valence-electron chi connectivity index (χ4n) is 2.07. The molecule has 1 aliphatic rings. The lowest BCUT2D eigenvalue weighted by atomic mass is 10.0. The normalized spacial score (nSPS) is 15.3. The van der Waals surface area contributed by atoms with Crippen molar-refractivity contribution in [1.29, 1.82) is 0 Å². The molecule has 0 spiro atoms. The van der Waals surface area contributed by atoms with E-state index in [0.29, 0.717) is 0 Å². The minimum absolute atomic E-state index is 0.289. The average Bonchev–Trinajstić information content (AvgIpc) is 2.61. The Labute approximate surface area is 109 Å². The first kappa shape index (κ1) is 13.6. The van der Waals surface area contributed by atoms with Crippen molar-refractivity contribution >= 4 is 11.8 Å². The van der Waals surface area contributed by atoms with Gasteiger partial charge < -0.3 is 4.74 Å². The second kappa shape index (κ2) is 4.70. The van der Waals surface area contributed by atoms with E-state index in [1.165, 1.54) is 13.8 Å². The molecule has 0 unspecified atom stereocenters. The summed E-state index contributed by atoms with van der Waals surface area (Å²) in [5.74, 6) is -0.966. The molecule has 2 amide bonds. The number of hydrogen-bond donors (Lipinski definition) is 0. The van der Waals surface area contributed by atoms with Gasteiger partial charge in [0.1, 0.15) is 0 Å². The molecular formula is C13H13F2NO3. The molecule has 102 valence electrons. The van der Waals surface area contributed by atoms with Crippen LogP contribution in [0.2, 0.25) is 0 Å². The molecule has 0 saturated carbocycles. The number of rotatable bonds is 4. The second-order valence-electron chi connectivity index (χ2n) is 4.88. The van der Waals surface area contributed by atoms with E-state index in [-0.39, 0.29) is 11.1 Å². The molecule has 0 fully saturated rings. The van der Waals surface area contributed by atoms with Crippen LogP contribution in [0.1, 0.15) is 34.6 Å². The summed E-state index contributed by atoms with van der Waals surface area (Å²) in [7, 11) is 0. The maximum atomic E-state index is 12.2. The van der Waals surface area contributed by atoms with Gasteiger partial charge in [-0.3, -0.25) is 14.5 Å². The van der Waals surface area contributed by atoms with Crippen molar-refractivity contribution in [3.63, 3.8) is 0 Å². The third-order valence-corrected chi connectivity index (χ3v) is 2.96. The van der Waals surface area contributed by atoms with Crippen LogP contribution in [0.4, 0.5) is 8.78 Å².